The van der Waals surface area contributed by atoms with Gasteiger partial charge in [0, 0.05) is 6.42 Å². The van der Waals surface area contributed by atoms with E-state index in [1.807, 2.05) is 25.2 Å². The van der Waals surface area contributed by atoms with E-state index in [4.69, 9.17) is 0 Å². The molecule has 0 saturated heterocycles. The Balaban J connectivity index is 4.50. The molecule has 0 rings (SSSR count). The summed E-state index contributed by atoms with van der Waals surface area (Å²) in [6.07, 6.45) is 10.4. The number of hydrogen-bond acceptors (Lipinski definition) is 1. The van der Waals surface area contributed by atoms with Gasteiger partial charge in [-0.1, -0.05) is 52.9 Å². The third-order valence-electron chi connectivity index (χ3n) is 1.89. The van der Waals surface area contributed by atoms with E-state index >= 15 is 0 Å². The lowest BCUT2D eigenvalue weighted by Crippen LogP contribution is -2.15. The van der Waals surface area contributed by atoms with Crippen molar-refractivity contribution in [1.82, 2.24) is 0 Å². The molecule has 0 amide bonds. The van der Waals surface area contributed by atoms with Gasteiger partial charge in [-0.15, -0.1) is 6.58 Å². The summed E-state index contributed by atoms with van der Waals surface area (Å²) < 4.78 is 0. The van der Waals surface area contributed by atoms with Gasteiger partial charge < -0.3 is 0 Å². The molecule has 0 heterocycles. The molecule has 0 aromatic carbocycles. The molecule has 0 saturated carbocycles. The van der Waals surface area contributed by atoms with E-state index < -0.39 is 0 Å². The van der Waals surface area contributed by atoms with E-state index in [9.17, 15) is 4.79 Å². The van der Waals surface area contributed by atoms with Crippen molar-refractivity contribution >= 4 is 21.7 Å². The Morgan fingerprint density at radius 1 is 1.47 bits per heavy atom. The van der Waals surface area contributed by atoms with Gasteiger partial charge in [0.05, 0.1) is 4.83 Å². The Bertz CT molecular complexity index is 287. The van der Waals surface area contributed by atoms with Crippen LogP contribution in [0.2, 0.25) is 0 Å². The summed E-state index contributed by atoms with van der Waals surface area (Å²) in [6, 6.07) is 0. The van der Waals surface area contributed by atoms with Crippen LogP contribution in [0.5, 0.6) is 0 Å². The van der Waals surface area contributed by atoms with Gasteiger partial charge in [0.2, 0.25) is 0 Å². The lowest BCUT2D eigenvalue weighted by Gasteiger charge is -2.08. The zero-order valence-corrected chi connectivity index (χ0v) is 10.7. The van der Waals surface area contributed by atoms with Crippen LogP contribution in [0.3, 0.4) is 0 Å². The van der Waals surface area contributed by atoms with Gasteiger partial charge in [-0.3, -0.25) is 4.79 Å². The minimum Gasteiger partial charge on any atom is -0.298 e. The lowest BCUT2D eigenvalue weighted by molar-refractivity contribution is -0.117. The Morgan fingerprint density at radius 2 is 2.13 bits per heavy atom. The molecule has 0 aliphatic rings. The summed E-state index contributed by atoms with van der Waals surface area (Å²) >= 11 is 3.37. The molecule has 1 unspecified atom stereocenters. The van der Waals surface area contributed by atoms with E-state index in [1.165, 1.54) is 0 Å². The second-order valence-corrected chi connectivity index (χ2v) is 3.97. The summed E-state index contributed by atoms with van der Waals surface area (Å²) in [5.41, 5.74) is 0.891. The number of carbonyl (C=O) groups excluding carboxylic acids is 1. The van der Waals surface area contributed by atoms with Crippen LogP contribution in [0.1, 0.15) is 19.8 Å². The summed E-state index contributed by atoms with van der Waals surface area (Å²) in [6.45, 7) is 9.22. The van der Waals surface area contributed by atoms with Crippen LogP contribution in [-0.2, 0) is 4.79 Å². The molecular formula is C13H17BrO. The molecule has 0 N–H and O–H groups in total. The average molecular weight is 269 g/mol. The zero-order valence-electron chi connectivity index (χ0n) is 9.08. The van der Waals surface area contributed by atoms with Crippen LogP contribution in [0.4, 0.5) is 0 Å². The van der Waals surface area contributed by atoms with E-state index in [-0.39, 0.29) is 10.6 Å². The number of Topliss-reactive ketones (excluding diaryl/α,β-unsaturated/α-hetero) is 1. The van der Waals surface area contributed by atoms with Gasteiger partial charge in [0.15, 0.2) is 5.78 Å². The zero-order chi connectivity index (χ0) is 11.7. The fourth-order valence-corrected chi connectivity index (χ4v) is 1.59. The number of allylic oxidation sites excluding steroid dienone is 6. The van der Waals surface area contributed by atoms with Crippen LogP contribution in [0, 0.1) is 0 Å². The maximum Gasteiger partial charge on any atom is 0.151 e. The van der Waals surface area contributed by atoms with Crippen LogP contribution >= 0.6 is 15.9 Å². The molecule has 15 heavy (non-hydrogen) atoms. The Labute approximate surface area is 100 Å². The summed E-state index contributed by atoms with van der Waals surface area (Å²) in [7, 11) is 0. The minimum absolute atomic E-state index is 0.158. The van der Waals surface area contributed by atoms with Crippen molar-refractivity contribution in [2.75, 3.05) is 0 Å². The third-order valence-corrected chi connectivity index (χ3v) is 2.93. The predicted octanol–water partition coefficient (Wildman–Crippen LogP) is 3.97. The summed E-state index contributed by atoms with van der Waals surface area (Å²) in [5, 5.41) is 0. The molecule has 0 spiro atoms. The SMILES string of the molecule is C=CCCC(=O)C(Br)/C(C=C)=C/C=C\C. The highest BCUT2D eigenvalue weighted by Crippen LogP contribution is 2.17. The smallest absolute Gasteiger partial charge is 0.151 e. The molecule has 1 nitrogen and oxygen atoms in total. The maximum atomic E-state index is 11.7. The van der Waals surface area contributed by atoms with Crippen LogP contribution in [0.15, 0.2) is 49.1 Å². The molecule has 0 radical (unpaired) electrons. The molecule has 0 aromatic heterocycles. The quantitative estimate of drug-likeness (QED) is 0.388. The first-order valence-corrected chi connectivity index (χ1v) is 5.82. The molecular weight excluding hydrogens is 252 g/mol. The van der Waals surface area contributed by atoms with Crippen molar-refractivity contribution in [3.63, 3.8) is 0 Å². The fraction of sp³-hybridized carbons (Fsp3) is 0.308. The standard InChI is InChI=1S/C13H17BrO/c1-4-7-9-11(6-3)13(14)12(15)10-8-5-2/h4-7,9,13H,2-3,8,10H2,1H3/b7-4-,11-9+. The van der Waals surface area contributed by atoms with Gasteiger partial charge in [0.25, 0.3) is 0 Å². The molecule has 0 bridgehead atoms. The minimum atomic E-state index is -0.258. The first-order valence-electron chi connectivity index (χ1n) is 4.90. The van der Waals surface area contributed by atoms with Crippen molar-refractivity contribution in [2.45, 2.75) is 24.6 Å². The topological polar surface area (TPSA) is 17.1 Å². The average Bonchev–Trinajstić information content (AvgIpc) is 2.26. The second-order valence-electron chi connectivity index (χ2n) is 3.05. The molecule has 0 aromatic rings. The Kier molecular flexibility index (Phi) is 7.92. The first-order chi connectivity index (χ1) is 7.17. The molecule has 0 fully saturated rings. The molecule has 2 heteroatoms. The van der Waals surface area contributed by atoms with Crippen molar-refractivity contribution in [2.24, 2.45) is 0 Å². The van der Waals surface area contributed by atoms with Crippen molar-refractivity contribution in [1.29, 1.82) is 0 Å². The lowest BCUT2D eigenvalue weighted by atomic mass is 10.1. The Morgan fingerprint density at radius 3 is 2.60 bits per heavy atom. The Hall–Kier alpha value is -0.890. The first kappa shape index (κ1) is 14.1. The van der Waals surface area contributed by atoms with E-state index in [1.54, 1.807) is 12.2 Å². The fourth-order valence-electron chi connectivity index (χ4n) is 1.02. The van der Waals surface area contributed by atoms with Crippen LogP contribution < -0.4 is 0 Å². The third kappa shape index (κ3) is 5.53. The van der Waals surface area contributed by atoms with Gasteiger partial charge in [-0.25, -0.2) is 0 Å². The number of carbonyl (C=O) groups is 1. The maximum absolute atomic E-state index is 11.7. The number of ketones is 1. The van der Waals surface area contributed by atoms with E-state index in [2.05, 4.69) is 29.1 Å². The van der Waals surface area contributed by atoms with Crippen molar-refractivity contribution in [3.05, 3.63) is 49.1 Å². The van der Waals surface area contributed by atoms with Gasteiger partial charge in [-0.05, 0) is 18.9 Å². The molecule has 1 atom stereocenters. The highest BCUT2D eigenvalue weighted by atomic mass is 79.9. The number of halogens is 1. The monoisotopic (exact) mass is 268 g/mol. The van der Waals surface area contributed by atoms with E-state index in [0.29, 0.717) is 6.42 Å². The normalized spacial score (nSPS) is 13.9. The van der Waals surface area contributed by atoms with Crippen molar-refractivity contribution in [3.8, 4) is 0 Å². The van der Waals surface area contributed by atoms with Crippen LogP contribution in [-0.4, -0.2) is 10.6 Å². The second kappa shape index (κ2) is 8.42. The number of hydrogen-bond donors (Lipinski definition) is 0. The number of alkyl halides is 1. The van der Waals surface area contributed by atoms with Gasteiger partial charge >= 0.3 is 0 Å². The highest BCUT2D eigenvalue weighted by molar-refractivity contribution is 9.10. The summed E-state index contributed by atoms with van der Waals surface area (Å²) in [5.74, 6) is 0.158. The summed E-state index contributed by atoms with van der Waals surface area (Å²) in [4.78, 5) is 11.4. The van der Waals surface area contributed by atoms with Crippen LogP contribution in [0.25, 0.3) is 0 Å². The largest absolute Gasteiger partial charge is 0.298 e. The van der Waals surface area contributed by atoms with Gasteiger partial charge in [0.1, 0.15) is 0 Å². The van der Waals surface area contributed by atoms with Crippen molar-refractivity contribution < 1.29 is 4.79 Å². The molecule has 82 valence electrons. The van der Waals surface area contributed by atoms with E-state index in [0.717, 1.165) is 12.0 Å². The molecule has 0 aliphatic carbocycles. The number of rotatable bonds is 7. The predicted molar refractivity (Wildman–Crippen MR) is 70.2 cm³/mol. The highest BCUT2D eigenvalue weighted by Gasteiger charge is 2.15. The molecule has 0 aliphatic heterocycles. The van der Waals surface area contributed by atoms with Gasteiger partial charge in [-0.2, -0.15) is 0 Å².